The molecule has 1 fully saturated rings. The maximum Gasteiger partial charge on any atom is 0.247 e. The summed E-state index contributed by atoms with van der Waals surface area (Å²) < 4.78 is 16.7. The minimum absolute atomic E-state index is 0.474. The van der Waals surface area contributed by atoms with Crippen LogP contribution < -0.4 is 5.73 Å². The van der Waals surface area contributed by atoms with Crippen LogP contribution in [0.1, 0.15) is 58.2 Å². The third-order valence-corrected chi connectivity index (χ3v) is 4.21. The fourth-order valence-electron chi connectivity index (χ4n) is 2.67. The van der Waals surface area contributed by atoms with E-state index in [0.717, 1.165) is 12.8 Å². The average Bonchev–Trinajstić information content (AvgIpc) is 2.97. The van der Waals surface area contributed by atoms with Gasteiger partial charge in [0, 0.05) is 19.8 Å². The topological polar surface area (TPSA) is 83.4 Å². The molecule has 6 nitrogen and oxygen atoms in total. The first-order valence-electron chi connectivity index (χ1n) is 7.45. The van der Waals surface area contributed by atoms with Crippen molar-refractivity contribution in [3.63, 3.8) is 0 Å². The second kappa shape index (κ2) is 6.20. The molecule has 1 aromatic heterocycles. The quantitative estimate of drug-likeness (QED) is 0.860. The molecule has 2 rings (SSSR count). The molecule has 0 unspecified atom stereocenters. The number of rotatable bonds is 6. The highest BCUT2D eigenvalue weighted by molar-refractivity contribution is 5.08. The van der Waals surface area contributed by atoms with Crippen LogP contribution in [0, 0.1) is 0 Å². The second-order valence-electron chi connectivity index (χ2n) is 5.33. The van der Waals surface area contributed by atoms with Gasteiger partial charge in [-0.1, -0.05) is 19.0 Å². The normalized spacial score (nSPS) is 19.2. The monoisotopic (exact) mass is 283 g/mol. The lowest BCUT2D eigenvalue weighted by molar-refractivity contribution is -0.0583. The van der Waals surface area contributed by atoms with E-state index in [2.05, 4.69) is 24.0 Å². The molecule has 0 radical (unpaired) electrons. The predicted molar refractivity (Wildman–Crippen MR) is 74.1 cm³/mol. The van der Waals surface area contributed by atoms with E-state index in [1.807, 2.05) is 6.92 Å². The molecule has 114 valence electrons. The molecule has 0 amide bonds. The molecule has 1 aliphatic heterocycles. The molecular formula is C14H25N3O3. The van der Waals surface area contributed by atoms with Gasteiger partial charge in [-0.15, -0.1) is 0 Å². The van der Waals surface area contributed by atoms with Gasteiger partial charge >= 0.3 is 0 Å². The van der Waals surface area contributed by atoms with Gasteiger partial charge in [0.15, 0.2) is 0 Å². The molecule has 2 N–H and O–H groups in total. The van der Waals surface area contributed by atoms with Crippen molar-refractivity contribution in [1.29, 1.82) is 0 Å². The van der Waals surface area contributed by atoms with E-state index in [1.54, 1.807) is 0 Å². The lowest BCUT2D eigenvalue weighted by atomic mass is 9.91. The third-order valence-electron chi connectivity index (χ3n) is 4.21. The molecular weight excluding hydrogens is 258 g/mol. The molecule has 1 saturated heterocycles. The Hall–Kier alpha value is -0.980. The predicted octanol–water partition coefficient (Wildman–Crippen LogP) is 2.09. The Balaban J connectivity index is 2.26. The average molecular weight is 283 g/mol. The van der Waals surface area contributed by atoms with Crippen molar-refractivity contribution in [3.8, 4) is 0 Å². The Labute approximate surface area is 120 Å². The van der Waals surface area contributed by atoms with Crippen LogP contribution in [0.15, 0.2) is 4.52 Å². The summed E-state index contributed by atoms with van der Waals surface area (Å²) in [5, 5.41) is 4.14. The van der Waals surface area contributed by atoms with Gasteiger partial charge in [-0.2, -0.15) is 4.98 Å². The van der Waals surface area contributed by atoms with Gasteiger partial charge in [-0.05, 0) is 32.6 Å². The first-order valence-corrected chi connectivity index (χ1v) is 7.45. The van der Waals surface area contributed by atoms with Crippen LogP contribution in [-0.2, 0) is 20.6 Å². The Bertz CT molecular complexity index is 423. The van der Waals surface area contributed by atoms with Gasteiger partial charge in [-0.3, -0.25) is 0 Å². The fraction of sp³-hybridized carbons (Fsp3) is 0.857. The van der Waals surface area contributed by atoms with Crippen molar-refractivity contribution in [2.24, 2.45) is 5.73 Å². The number of aromatic nitrogens is 2. The minimum Gasteiger partial charge on any atom is -0.381 e. The van der Waals surface area contributed by atoms with Gasteiger partial charge in [0.05, 0.1) is 0 Å². The summed E-state index contributed by atoms with van der Waals surface area (Å²) in [6.45, 7) is 8.00. The van der Waals surface area contributed by atoms with Crippen molar-refractivity contribution < 1.29 is 14.0 Å². The van der Waals surface area contributed by atoms with Gasteiger partial charge in [-0.25, -0.2) is 0 Å². The smallest absolute Gasteiger partial charge is 0.247 e. The zero-order valence-corrected chi connectivity index (χ0v) is 12.6. The summed E-state index contributed by atoms with van der Waals surface area (Å²) in [6.07, 6.45) is 3.01. The first-order chi connectivity index (χ1) is 9.60. The van der Waals surface area contributed by atoms with E-state index in [4.69, 9.17) is 19.7 Å². The number of ether oxygens (including phenoxy) is 2. The molecule has 0 spiro atoms. The van der Waals surface area contributed by atoms with Gasteiger partial charge in [0.1, 0.15) is 11.1 Å². The highest BCUT2D eigenvalue weighted by Crippen LogP contribution is 2.34. The highest BCUT2D eigenvalue weighted by Gasteiger charge is 2.40. The maximum absolute atomic E-state index is 6.38. The molecule has 1 aliphatic rings. The lowest BCUT2D eigenvalue weighted by Crippen LogP contribution is -2.42. The fourth-order valence-corrected chi connectivity index (χ4v) is 2.67. The summed E-state index contributed by atoms with van der Waals surface area (Å²) in [5.41, 5.74) is 5.34. The number of hydrogen-bond donors (Lipinski definition) is 1. The lowest BCUT2D eigenvalue weighted by Gasteiger charge is -2.30. The van der Waals surface area contributed by atoms with Gasteiger partial charge < -0.3 is 19.7 Å². The molecule has 0 saturated carbocycles. The van der Waals surface area contributed by atoms with E-state index in [1.165, 1.54) is 0 Å². The molecule has 0 aromatic carbocycles. The minimum atomic E-state index is -0.567. The summed E-state index contributed by atoms with van der Waals surface area (Å²) in [6, 6.07) is 0. The number of nitrogens with two attached hydrogens (primary N) is 1. The summed E-state index contributed by atoms with van der Waals surface area (Å²) in [4.78, 5) is 4.56. The highest BCUT2D eigenvalue weighted by atomic mass is 16.5. The molecule has 0 bridgehead atoms. The molecule has 2 heterocycles. The van der Waals surface area contributed by atoms with Gasteiger partial charge in [0.2, 0.25) is 11.7 Å². The van der Waals surface area contributed by atoms with E-state index < -0.39 is 11.1 Å². The van der Waals surface area contributed by atoms with Crippen LogP contribution in [0.2, 0.25) is 0 Å². The summed E-state index contributed by atoms with van der Waals surface area (Å²) in [5.74, 6) is 1.11. The van der Waals surface area contributed by atoms with Crippen molar-refractivity contribution in [3.05, 3.63) is 11.7 Å². The third kappa shape index (κ3) is 2.73. The van der Waals surface area contributed by atoms with E-state index in [0.29, 0.717) is 44.4 Å². The summed E-state index contributed by atoms with van der Waals surface area (Å²) in [7, 11) is 0. The SMILES string of the molecule is CCOC(CC)(CC)c1noc(C2(N)CCOCC2)n1. The molecule has 0 atom stereocenters. The Morgan fingerprint density at radius 3 is 2.45 bits per heavy atom. The number of nitrogens with zero attached hydrogens (tertiary/aromatic N) is 2. The Morgan fingerprint density at radius 1 is 1.25 bits per heavy atom. The van der Waals surface area contributed by atoms with Crippen molar-refractivity contribution in [2.45, 2.75) is 57.6 Å². The van der Waals surface area contributed by atoms with Crippen molar-refractivity contribution >= 4 is 0 Å². The van der Waals surface area contributed by atoms with E-state index in [9.17, 15) is 0 Å². The van der Waals surface area contributed by atoms with E-state index in [-0.39, 0.29) is 0 Å². The van der Waals surface area contributed by atoms with Crippen LogP contribution in [-0.4, -0.2) is 30.0 Å². The van der Waals surface area contributed by atoms with Crippen molar-refractivity contribution in [2.75, 3.05) is 19.8 Å². The van der Waals surface area contributed by atoms with Crippen molar-refractivity contribution in [1.82, 2.24) is 10.1 Å². The molecule has 6 heteroatoms. The Morgan fingerprint density at radius 2 is 1.90 bits per heavy atom. The number of hydrogen-bond acceptors (Lipinski definition) is 6. The van der Waals surface area contributed by atoms with Crippen LogP contribution in [0.4, 0.5) is 0 Å². The first kappa shape index (κ1) is 15.4. The van der Waals surface area contributed by atoms with Crippen LogP contribution in [0.5, 0.6) is 0 Å². The standard InChI is InChI=1S/C14H25N3O3/c1-4-14(5-2,19-6-3)11-16-12(20-17-11)13(15)7-9-18-10-8-13/h4-10,15H2,1-3H3. The summed E-state index contributed by atoms with van der Waals surface area (Å²) >= 11 is 0. The van der Waals surface area contributed by atoms with Crippen LogP contribution in [0.3, 0.4) is 0 Å². The molecule has 1 aromatic rings. The maximum atomic E-state index is 6.38. The van der Waals surface area contributed by atoms with E-state index >= 15 is 0 Å². The van der Waals surface area contributed by atoms with Gasteiger partial charge in [0.25, 0.3) is 0 Å². The zero-order valence-electron chi connectivity index (χ0n) is 12.6. The Kier molecular flexibility index (Phi) is 4.78. The second-order valence-corrected chi connectivity index (χ2v) is 5.33. The molecule has 0 aliphatic carbocycles. The van der Waals surface area contributed by atoms with Crippen LogP contribution >= 0.6 is 0 Å². The zero-order chi connectivity index (χ0) is 14.6. The largest absolute Gasteiger partial charge is 0.381 e. The van der Waals surface area contributed by atoms with Crippen LogP contribution in [0.25, 0.3) is 0 Å². The molecule has 20 heavy (non-hydrogen) atoms.